The van der Waals surface area contributed by atoms with Crippen molar-refractivity contribution in [2.75, 3.05) is 11.9 Å². The third kappa shape index (κ3) is 7.09. The maximum atomic E-state index is 4.78. The Bertz CT molecular complexity index is 1740. The molecule has 0 aliphatic heterocycles. The van der Waals surface area contributed by atoms with Crippen LogP contribution in [0.3, 0.4) is 0 Å². The summed E-state index contributed by atoms with van der Waals surface area (Å²) in [5, 5.41) is 3.57. The Kier molecular flexibility index (Phi) is 10.4. The third-order valence-corrected chi connectivity index (χ3v) is 11.7. The Morgan fingerprint density at radius 2 is 1.32 bits per heavy atom. The number of hydrogen-bond acceptors (Lipinski definition) is 6. The Hall–Kier alpha value is -3.06. The topological polar surface area (TPSA) is 37.8 Å². The van der Waals surface area contributed by atoms with E-state index in [0.29, 0.717) is 0 Å². The number of nitrogens with one attached hydrogen (secondary N) is 1. The van der Waals surface area contributed by atoms with Gasteiger partial charge in [-0.3, -0.25) is 0 Å². The molecule has 1 N–H and O–H groups in total. The minimum Gasteiger partial charge on any atom is -0.385 e. The first-order valence-electron chi connectivity index (χ1n) is 16.4. The molecular weight excluding hydrogens is 595 g/mol. The molecule has 0 aliphatic carbocycles. The lowest BCUT2D eigenvalue weighted by Crippen LogP contribution is -2.03. The van der Waals surface area contributed by atoms with Crippen molar-refractivity contribution in [2.24, 2.45) is 5.92 Å². The molecule has 1 atom stereocenters. The largest absolute Gasteiger partial charge is 0.385 e. The van der Waals surface area contributed by atoms with Crippen LogP contribution in [0.25, 0.3) is 52.4 Å². The van der Waals surface area contributed by atoms with Crippen LogP contribution in [-0.4, -0.2) is 15.3 Å². The number of aromatic nitrogens is 2. The average molecular weight is 638 g/mol. The number of rotatable bonds is 15. The molecule has 0 spiro atoms. The zero-order chi connectivity index (χ0) is 30.3. The minimum atomic E-state index is 0.777. The van der Waals surface area contributed by atoms with Crippen molar-refractivity contribution in [1.82, 2.24) is 8.75 Å². The molecule has 3 nitrogen and oxygen atoms in total. The maximum absolute atomic E-state index is 4.78. The van der Waals surface area contributed by atoms with Crippen LogP contribution in [0.5, 0.6) is 0 Å². The van der Waals surface area contributed by atoms with Crippen molar-refractivity contribution in [3.8, 4) is 32.0 Å². The zero-order valence-electron chi connectivity index (χ0n) is 26.2. The highest BCUT2D eigenvalue weighted by Crippen LogP contribution is 2.44. The number of unbranched alkanes of at least 4 members (excludes halogenated alkanes) is 4. The van der Waals surface area contributed by atoms with Gasteiger partial charge in [-0.1, -0.05) is 114 Å². The van der Waals surface area contributed by atoms with E-state index in [9.17, 15) is 0 Å². The molecule has 3 heterocycles. The van der Waals surface area contributed by atoms with Crippen LogP contribution in [0.4, 0.5) is 5.69 Å². The highest BCUT2D eigenvalue weighted by Gasteiger charge is 2.17. The standard InChI is InChI=1S/C38H43N3S3/c1-4-7-9-10-22-39-30-18-16-29(17-19-30)33-24-35-36(42-33)25-34(43-35)32-21-20-31(37-38(32)41-44-40-37)28-14-12-27(13-15-28)23-26(6-3)11-8-5-2/h12-21,24-26,39H,4-11,22-23H2,1-3H3. The van der Waals surface area contributed by atoms with E-state index in [1.165, 1.54) is 122 Å². The Labute approximate surface area is 274 Å². The van der Waals surface area contributed by atoms with Crippen molar-refractivity contribution in [1.29, 1.82) is 0 Å². The SMILES string of the molecule is CCCCCCNc1ccc(-c2cc3sc(-c4ccc(-c5ccc(CC(CC)CCCC)cc5)c5nsnc45)cc3s2)cc1. The molecule has 3 aromatic carbocycles. The first-order valence-corrected chi connectivity index (χ1v) is 18.8. The van der Waals surface area contributed by atoms with Crippen LogP contribution in [0, 0.1) is 5.92 Å². The molecule has 0 amide bonds. The fraction of sp³-hybridized carbons (Fsp3) is 0.368. The molecule has 0 fully saturated rings. The fourth-order valence-corrected chi connectivity index (χ4v) is 9.04. The van der Waals surface area contributed by atoms with Gasteiger partial charge in [-0.2, -0.15) is 8.75 Å². The second-order valence-electron chi connectivity index (χ2n) is 12.0. The lowest BCUT2D eigenvalue weighted by Gasteiger charge is -2.15. The second-order valence-corrected chi connectivity index (χ2v) is 14.7. The van der Waals surface area contributed by atoms with Crippen molar-refractivity contribution in [3.05, 3.63) is 78.4 Å². The Morgan fingerprint density at radius 3 is 2.05 bits per heavy atom. The van der Waals surface area contributed by atoms with E-state index in [4.69, 9.17) is 8.75 Å². The highest BCUT2D eigenvalue weighted by atomic mass is 32.1. The zero-order valence-corrected chi connectivity index (χ0v) is 28.6. The van der Waals surface area contributed by atoms with Crippen molar-refractivity contribution >= 4 is 60.5 Å². The normalized spacial score (nSPS) is 12.3. The van der Waals surface area contributed by atoms with Gasteiger partial charge < -0.3 is 5.32 Å². The molecule has 0 saturated heterocycles. The van der Waals surface area contributed by atoms with Gasteiger partial charge in [-0.25, -0.2) is 0 Å². The summed E-state index contributed by atoms with van der Waals surface area (Å²) in [7, 11) is 0. The number of nitrogens with zero attached hydrogens (tertiary/aromatic N) is 2. The van der Waals surface area contributed by atoms with E-state index >= 15 is 0 Å². The van der Waals surface area contributed by atoms with E-state index in [1.54, 1.807) is 0 Å². The minimum absolute atomic E-state index is 0.777. The summed E-state index contributed by atoms with van der Waals surface area (Å²) in [6.07, 6.45) is 11.5. The molecule has 0 bridgehead atoms. The summed E-state index contributed by atoms with van der Waals surface area (Å²) in [6.45, 7) is 7.91. The van der Waals surface area contributed by atoms with Crippen LogP contribution in [0.1, 0.15) is 77.7 Å². The van der Waals surface area contributed by atoms with E-state index in [-0.39, 0.29) is 0 Å². The summed E-state index contributed by atoms with van der Waals surface area (Å²) < 4.78 is 12.2. The summed E-state index contributed by atoms with van der Waals surface area (Å²) in [6, 6.07) is 27.3. The van der Waals surface area contributed by atoms with Gasteiger partial charge in [0.25, 0.3) is 0 Å². The lowest BCUT2D eigenvalue weighted by atomic mass is 9.91. The average Bonchev–Trinajstić information content (AvgIpc) is 3.79. The molecule has 6 rings (SSSR count). The number of thiophene rings is 2. The molecule has 1 unspecified atom stereocenters. The van der Waals surface area contributed by atoms with Crippen molar-refractivity contribution < 1.29 is 0 Å². The fourth-order valence-electron chi connectivity index (χ4n) is 6.04. The van der Waals surface area contributed by atoms with Crippen molar-refractivity contribution in [2.45, 2.75) is 78.6 Å². The van der Waals surface area contributed by atoms with Crippen molar-refractivity contribution in [3.63, 3.8) is 0 Å². The molecule has 44 heavy (non-hydrogen) atoms. The smallest absolute Gasteiger partial charge is 0.114 e. The Morgan fingerprint density at radius 1 is 0.659 bits per heavy atom. The molecular formula is C38H43N3S3. The van der Waals surface area contributed by atoms with Crippen LogP contribution >= 0.6 is 34.4 Å². The van der Waals surface area contributed by atoms with Crippen LogP contribution < -0.4 is 5.32 Å². The lowest BCUT2D eigenvalue weighted by molar-refractivity contribution is 0.449. The van der Waals surface area contributed by atoms with Crippen LogP contribution in [0.2, 0.25) is 0 Å². The molecule has 0 saturated carbocycles. The quantitative estimate of drug-likeness (QED) is 0.114. The first-order chi connectivity index (χ1) is 21.7. The monoisotopic (exact) mass is 637 g/mol. The molecule has 6 aromatic rings. The number of benzene rings is 3. The molecule has 3 aromatic heterocycles. The van der Waals surface area contributed by atoms with Crippen LogP contribution in [-0.2, 0) is 6.42 Å². The van der Waals surface area contributed by atoms with E-state index < -0.39 is 0 Å². The van der Waals surface area contributed by atoms with Gasteiger partial charge in [-0.15, -0.1) is 22.7 Å². The summed E-state index contributed by atoms with van der Waals surface area (Å²) in [5.74, 6) is 0.777. The van der Waals surface area contributed by atoms with Gasteiger partial charge in [0, 0.05) is 42.5 Å². The second kappa shape index (κ2) is 14.8. The van der Waals surface area contributed by atoms with E-state index in [0.717, 1.165) is 23.5 Å². The van der Waals surface area contributed by atoms with Gasteiger partial charge in [0.05, 0.1) is 11.7 Å². The number of hydrogen-bond donors (Lipinski definition) is 1. The number of anilines is 1. The molecule has 6 heteroatoms. The van der Waals surface area contributed by atoms with Gasteiger partial charge in [0.15, 0.2) is 0 Å². The Balaban J connectivity index is 1.17. The first kappa shape index (κ1) is 30.9. The summed E-state index contributed by atoms with van der Waals surface area (Å²) in [5.41, 5.74) is 9.50. The van der Waals surface area contributed by atoms with E-state index in [1.807, 2.05) is 22.7 Å². The maximum Gasteiger partial charge on any atom is 0.114 e. The summed E-state index contributed by atoms with van der Waals surface area (Å²) in [4.78, 5) is 2.58. The van der Waals surface area contributed by atoms with Gasteiger partial charge in [0.2, 0.25) is 0 Å². The van der Waals surface area contributed by atoms with Gasteiger partial charge >= 0.3 is 0 Å². The number of fused-ring (bicyclic) bond motifs is 2. The van der Waals surface area contributed by atoms with Gasteiger partial charge in [0.1, 0.15) is 11.0 Å². The molecule has 228 valence electrons. The van der Waals surface area contributed by atoms with Crippen LogP contribution in [0.15, 0.2) is 72.8 Å². The third-order valence-electron chi connectivity index (χ3n) is 8.75. The predicted octanol–water partition coefficient (Wildman–Crippen LogP) is 12.7. The molecule has 0 aliphatic rings. The highest BCUT2D eigenvalue weighted by molar-refractivity contribution is 7.31. The summed E-state index contributed by atoms with van der Waals surface area (Å²) >= 11 is 5.04. The van der Waals surface area contributed by atoms with E-state index in [2.05, 4.69) is 98.9 Å². The van der Waals surface area contributed by atoms with Gasteiger partial charge in [-0.05, 0) is 59.7 Å². The predicted molar refractivity (Wildman–Crippen MR) is 197 cm³/mol. The molecule has 0 radical (unpaired) electrons.